The lowest BCUT2D eigenvalue weighted by molar-refractivity contribution is -0.118. The smallest absolute Gasteiger partial charge is 0.335 e. The molecular weight excluding hydrogens is 524 g/mol. The predicted molar refractivity (Wildman–Crippen MR) is 125 cm³/mol. The van der Waals surface area contributed by atoms with Crippen LogP contribution in [0.25, 0.3) is 0 Å². The highest BCUT2D eigenvalue weighted by Gasteiger charge is 2.29. The van der Waals surface area contributed by atoms with Gasteiger partial charge in [-0.25, -0.2) is 4.79 Å². The Bertz CT molecular complexity index is 1190. The predicted octanol–water partition coefficient (Wildman–Crippen LogP) is 0.956. The van der Waals surface area contributed by atoms with E-state index >= 15 is 0 Å². The Morgan fingerprint density at radius 3 is 2.59 bits per heavy atom. The van der Waals surface area contributed by atoms with E-state index < -0.39 is 23.1 Å². The van der Waals surface area contributed by atoms with E-state index in [1.54, 1.807) is 6.07 Å². The van der Waals surface area contributed by atoms with Crippen LogP contribution in [0.1, 0.15) is 33.7 Å². The number of carbonyl (C=O) groups excluding carboxylic acids is 3. The lowest BCUT2D eigenvalue weighted by atomic mass is 10.1. The number of H-pyrrole nitrogens is 1. The van der Waals surface area contributed by atoms with Gasteiger partial charge in [-0.3, -0.25) is 19.2 Å². The minimum Gasteiger partial charge on any atom is -0.492 e. The van der Waals surface area contributed by atoms with Crippen LogP contribution < -0.4 is 27.0 Å². The summed E-state index contributed by atoms with van der Waals surface area (Å²) in [6.07, 6.45) is 0.636. The van der Waals surface area contributed by atoms with Crippen molar-refractivity contribution in [2.24, 2.45) is 5.73 Å². The van der Waals surface area contributed by atoms with Crippen molar-refractivity contribution in [3.8, 4) is 5.75 Å². The van der Waals surface area contributed by atoms with E-state index in [1.807, 2.05) is 12.1 Å². The first-order valence-electron chi connectivity index (χ1n) is 9.28. The maximum Gasteiger partial charge on any atom is 0.335 e. The average molecular weight is 541 g/mol. The molecule has 0 aliphatic carbocycles. The van der Waals surface area contributed by atoms with Crippen molar-refractivity contribution in [3.05, 3.63) is 60.8 Å². The van der Waals surface area contributed by atoms with E-state index in [0.29, 0.717) is 25.5 Å². The zero-order valence-electron chi connectivity index (χ0n) is 16.4. The number of nitrogens with one attached hydrogen (secondary N) is 2. The number of thiocarbonyl (C=S) groups is 1. The van der Waals surface area contributed by atoms with Gasteiger partial charge in [-0.05, 0) is 46.5 Å². The summed E-state index contributed by atoms with van der Waals surface area (Å²) in [5.41, 5.74) is 3.63. The minimum atomic E-state index is -1.02. The van der Waals surface area contributed by atoms with Crippen LogP contribution in [-0.2, 0) is 11.2 Å². The summed E-state index contributed by atoms with van der Waals surface area (Å²) in [7, 11) is 0. The van der Waals surface area contributed by atoms with E-state index in [9.17, 15) is 24.0 Å². The number of thioether (sulfide) groups is 1. The van der Waals surface area contributed by atoms with Gasteiger partial charge < -0.3 is 20.8 Å². The van der Waals surface area contributed by atoms with Gasteiger partial charge >= 0.3 is 5.69 Å². The summed E-state index contributed by atoms with van der Waals surface area (Å²) in [5, 5.41) is 2.34. The standard InChI is InChI=1S/C19H17BrN4O6S2/c20-10-6-9(7-13-17(28)23-19(31)32-13)3-4-12(10)30-5-1-2-14(25)24-15(26)8-11(16(21)27)22-18(24)29/h3-4,6,8,13H,1-2,5,7H2,(H2,21,27)(H,22,29)(H,23,28,31). The van der Waals surface area contributed by atoms with Gasteiger partial charge in [-0.1, -0.05) is 30.0 Å². The first-order chi connectivity index (χ1) is 15.2. The first kappa shape index (κ1) is 23.9. The molecule has 2 aromatic rings. The molecule has 2 amide bonds. The van der Waals surface area contributed by atoms with Crippen LogP contribution in [0.15, 0.2) is 38.3 Å². The number of benzene rings is 1. The molecule has 10 nitrogen and oxygen atoms in total. The first-order valence-corrected chi connectivity index (χ1v) is 11.4. The minimum absolute atomic E-state index is 0.108. The maximum absolute atomic E-state index is 12.2. The van der Waals surface area contributed by atoms with Crippen molar-refractivity contribution < 1.29 is 19.1 Å². The fourth-order valence-electron chi connectivity index (χ4n) is 2.91. The van der Waals surface area contributed by atoms with Crippen LogP contribution in [0.3, 0.4) is 0 Å². The molecule has 32 heavy (non-hydrogen) atoms. The van der Waals surface area contributed by atoms with Crippen LogP contribution in [0.4, 0.5) is 0 Å². The molecule has 1 saturated heterocycles. The monoisotopic (exact) mass is 540 g/mol. The van der Waals surface area contributed by atoms with Gasteiger partial charge in [0.25, 0.3) is 11.5 Å². The molecule has 1 unspecified atom stereocenters. The third-order valence-corrected chi connectivity index (χ3v) is 6.42. The molecule has 1 fully saturated rings. The fourth-order valence-corrected chi connectivity index (χ4v) is 4.76. The van der Waals surface area contributed by atoms with Crippen LogP contribution in [0.5, 0.6) is 5.75 Å². The van der Waals surface area contributed by atoms with Crippen molar-refractivity contribution >= 4 is 62.0 Å². The SMILES string of the molecule is NC(=O)c1cc(=O)n(C(=O)CCCOc2ccc(CC3SC(=S)NC3=O)cc2Br)c(=O)[nH]1. The van der Waals surface area contributed by atoms with Crippen LogP contribution >= 0.6 is 39.9 Å². The molecule has 1 aromatic heterocycles. The summed E-state index contributed by atoms with van der Waals surface area (Å²) < 4.78 is 7.23. The third kappa shape index (κ3) is 5.72. The second-order valence-electron chi connectivity index (χ2n) is 6.72. The summed E-state index contributed by atoms with van der Waals surface area (Å²) in [6, 6.07) is 6.22. The van der Waals surface area contributed by atoms with Crippen LogP contribution in [0, 0.1) is 0 Å². The molecule has 0 bridgehead atoms. The number of halogens is 1. The lowest BCUT2D eigenvalue weighted by Gasteiger charge is -2.11. The lowest BCUT2D eigenvalue weighted by Crippen LogP contribution is -2.41. The Balaban J connectivity index is 1.53. The average Bonchev–Trinajstić information content (AvgIpc) is 3.02. The zero-order chi connectivity index (χ0) is 23.4. The van der Waals surface area contributed by atoms with Crippen molar-refractivity contribution in [1.82, 2.24) is 14.9 Å². The number of nitrogens with zero attached hydrogens (tertiary/aromatic N) is 1. The van der Waals surface area contributed by atoms with E-state index in [0.717, 1.165) is 11.6 Å². The van der Waals surface area contributed by atoms with Crippen molar-refractivity contribution in [1.29, 1.82) is 0 Å². The van der Waals surface area contributed by atoms with E-state index in [4.69, 9.17) is 22.7 Å². The number of ether oxygens (including phenoxy) is 1. The highest BCUT2D eigenvalue weighted by Crippen LogP contribution is 2.29. The summed E-state index contributed by atoms with van der Waals surface area (Å²) in [6.45, 7) is 0.158. The number of primary amides is 1. The molecular formula is C19H17BrN4O6S2. The largest absolute Gasteiger partial charge is 0.492 e. The van der Waals surface area contributed by atoms with Gasteiger partial charge in [0, 0.05) is 12.5 Å². The van der Waals surface area contributed by atoms with Crippen LogP contribution in [-0.4, -0.2) is 43.4 Å². The second-order valence-corrected chi connectivity index (χ2v) is 9.46. The molecule has 1 aliphatic rings. The molecule has 1 atom stereocenters. The Morgan fingerprint density at radius 1 is 1.25 bits per heavy atom. The van der Waals surface area contributed by atoms with Crippen molar-refractivity contribution in [2.75, 3.05) is 6.61 Å². The molecule has 0 spiro atoms. The highest BCUT2D eigenvalue weighted by molar-refractivity contribution is 9.10. The Morgan fingerprint density at radius 2 is 2.00 bits per heavy atom. The fraction of sp³-hybridized carbons (Fsp3) is 0.263. The number of carbonyl (C=O) groups is 3. The third-order valence-electron chi connectivity index (χ3n) is 4.42. The number of aromatic nitrogens is 2. The Kier molecular flexibility index (Phi) is 7.64. The normalized spacial score (nSPS) is 15.5. The summed E-state index contributed by atoms with van der Waals surface area (Å²) in [4.78, 5) is 61.1. The second kappa shape index (κ2) is 10.2. The topological polar surface area (TPSA) is 153 Å². The van der Waals surface area contributed by atoms with Crippen LogP contribution in [0.2, 0.25) is 0 Å². The Labute approximate surface area is 199 Å². The van der Waals surface area contributed by atoms with E-state index in [-0.39, 0.29) is 36.3 Å². The van der Waals surface area contributed by atoms with Gasteiger partial charge in [-0.2, -0.15) is 4.57 Å². The van der Waals surface area contributed by atoms with Crippen molar-refractivity contribution in [2.45, 2.75) is 24.5 Å². The Hall–Kier alpha value is -2.77. The molecule has 13 heteroatoms. The van der Waals surface area contributed by atoms with Gasteiger partial charge in [0.2, 0.25) is 11.8 Å². The van der Waals surface area contributed by atoms with Crippen molar-refractivity contribution in [3.63, 3.8) is 0 Å². The molecule has 0 saturated carbocycles. The number of amides is 2. The highest BCUT2D eigenvalue weighted by atomic mass is 79.9. The zero-order valence-corrected chi connectivity index (χ0v) is 19.6. The summed E-state index contributed by atoms with van der Waals surface area (Å²) in [5.74, 6) is -1.27. The van der Waals surface area contributed by atoms with Gasteiger partial charge in [0.1, 0.15) is 15.8 Å². The number of hydrogen-bond donors (Lipinski definition) is 3. The molecule has 1 aliphatic heterocycles. The molecule has 2 heterocycles. The molecule has 3 rings (SSSR count). The molecule has 0 radical (unpaired) electrons. The van der Waals surface area contributed by atoms with Gasteiger partial charge in [0.15, 0.2) is 0 Å². The van der Waals surface area contributed by atoms with E-state index in [1.165, 1.54) is 11.8 Å². The van der Waals surface area contributed by atoms with Gasteiger partial charge in [0.05, 0.1) is 16.3 Å². The number of rotatable bonds is 8. The number of hydrogen-bond acceptors (Lipinski definition) is 8. The molecule has 168 valence electrons. The molecule has 4 N–H and O–H groups in total. The quantitative estimate of drug-likeness (QED) is 0.330. The maximum atomic E-state index is 12.2. The number of nitrogens with two attached hydrogens (primary N) is 1. The summed E-state index contributed by atoms with van der Waals surface area (Å²) >= 11 is 9.74. The molecule has 1 aromatic carbocycles. The number of aromatic amines is 1. The van der Waals surface area contributed by atoms with E-state index in [2.05, 4.69) is 26.2 Å². The van der Waals surface area contributed by atoms with Gasteiger partial charge in [-0.15, -0.1) is 0 Å².